The van der Waals surface area contributed by atoms with Crippen LogP contribution in [0.3, 0.4) is 0 Å². The zero-order chi connectivity index (χ0) is 24.7. The van der Waals surface area contributed by atoms with E-state index in [4.69, 9.17) is 9.47 Å². The zero-order valence-corrected chi connectivity index (χ0v) is 20.4. The van der Waals surface area contributed by atoms with E-state index in [-0.39, 0.29) is 17.2 Å². The molecular formula is C28H32N2O4. The fourth-order valence-electron chi connectivity index (χ4n) is 3.52. The summed E-state index contributed by atoms with van der Waals surface area (Å²) in [6, 6.07) is 20.6. The lowest BCUT2D eigenvalue weighted by molar-refractivity contribution is -0.116. The number of aryl methyl sites for hydroxylation is 1. The van der Waals surface area contributed by atoms with Crippen LogP contribution in [0.2, 0.25) is 0 Å². The average Bonchev–Trinajstić information content (AvgIpc) is 2.83. The summed E-state index contributed by atoms with van der Waals surface area (Å²) in [5.74, 6) is 0.432. The number of hydrogen-bond donors (Lipinski definition) is 2. The number of methoxy groups -OCH3 is 2. The van der Waals surface area contributed by atoms with Crippen molar-refractivity contribution < 1.29 is 19.1 Å². The Labute approximate surface area is 201 Å². The van der Waals surface area contributed by atoms with Crippen molar-refractivity contribution in [2.45, 2.75) is 39.0 Å². The molecule has 0 spiro atoms. The molecule has 2 amide bonds. The Balaban J connectivity index is 1.69. The minimum atomic E-state index is -0.268. The van der Waals surface area contributed by atoms with Crippen molar-refractivity contribution in [3.05, 3.63) is 83.4 Å². The van der Waals surface area contributed by atoms with Crippen molar-refractivity contribution in [2.75, 3.05) is 24.9 Å². The van der Waals surface area contributed by atoms with Crippen LogP contribution in [0.5, 0.6) is 11.5 Å². The van der Waals surface area contributed by atoms with Crippen LogP contribution in [0, 0.1) is 0 Å². The van der Waals surface area contributed by atoms with Gasteiger partial charge in [0.2, 0.25) is 5.91 Å². The SMILES string of the molecule is COc1cc(NC(=O)c2ccccc2)c(OC)cc1NC(=O)CCc1ccc(C(C)(C)C)cc1. The quantitative estimate of drug-likeness (QED) is 0.444. The van der Waals surface area contributed by atoms with Crippen molar-refractivity contribution in [1.29, 1.82) is 0 Å². The molecule has 0 atom stereocenters. The Morgan fingerprint density at radius 2 is 1.35 bits per heavy atom. The third-order valence-electron chi connectivity index (χ3n) is 5.54. The van der Waals surface area contributed by atoms with Crippen molar-refractivity contribution in [1.82, 2.24) is 0 Å². The molecule has 3 rings (SSSR count). The molecule has 34 heavy (non-hydrogen) atoms. The number of benzene rings is 3. The molecule has 0 unspecified atom stereocenters. The van der Waals surface area contributed by atoms with Gasteiger partial charge in [-0.05, 0) is 35.1 Å². The number of anilines is 2. The second-order valence-corrected chi connectivity index (χ2v) is 9.07. The van der Waals surface area contributed by atoms with Crippen LogP contribution in [0.4, 0.5) is 11.4 Å². The predicted molar refractivity (Wildman–Crippen MR) is 136 cm³/mol. The summed E-state index contributed by atoms with van der Waals surface area (Å²) in [6.45, 7) is 6.53. The van der Waals surface area contributed by atoms with Crippen LogP contribution in [0.15, 0.2) is 66.7 Å². The van der Waals surface area contributed by atoms with E-state index in [2.05, 4.69) is 55.7 Å². The smallest absolute Gasteiger partial charge is 0.255 e. The molecule has 3 aromatic carbocycles. The summed E-state index contributed by atoms with van der Waals surface area (Å²) in [6.07, 6.45) is 0.952. The molecule has 6 heteroatoms. The van der Waals surface area contributed by atoms with E-state index in [1.54, 1.807) is 36.4 Å². The first-order valence-corrected chi connectivity index (χ1v) is 11.2. The van der Waals surface area contributed by atoms with Gasteiger partial charge >= 0.3 is 0 Å². The highest BCUT2D eigenvalue weighted by atomic mass is 16.5. The lowest BCUT2D eigenvalue weighted by Gasteiger charge is -2.19. The number of amides is 2. The number of hydrogen-bond acceptors (Lipinski definition) is 4. The summed E-state index contributed by atoms with van der Waals surface area (Å²) in [5.41, 5.74) is 3.91. The Morgan fingerprint density at radius 3 is 1.88 bits per heavy atom. The van der Waals surface area contributed by atoms with Crippen molar-refractivity contribution >= 4 is 23.2 Å². The molecule has 0 saturated carbocycles. The molecule has 0 bridgehead atoms. The van der Waals surface area contributed by atoms with E-state index < -0.39 is 0 Å². The fourth-order valence-corrected chi connectivity index (χ4v) is 3.52. The van der Waals surface area contributed by atoms with E-state index in [0.29, 0.717) is 41.3 Å². The number of nitrogens with one attached hydrogen (secondary N) is 2. The van der Waals surface area contributed by atoms with Crippen molar-refractivity contribution in [2.24, 2.45) is 0 Å². The highest BCUT2D eigenvalue weighted by Crippen LogP contribution is 2.36. The maximum atomic E-state index is 12.7. The van der Waals surface area contributed by atoms with Gasteiger partial charge in [0.25, 0.3) is 5.91 Å². The molecule has 3 aromatic rings. The largest absolute Gasteiger partial charge is 0.494 e. The molecule has 0 heterocycles. The number of ether oxygens (including phenoxy) is 2. The molecule has 0 saturated heterocycles. The minimum Gasteiger partial charge on any atom is -0.494 e. The number of carbonyl (C=O) groups excluding carboxylic acids is 2. The second-order valence-electron chi connectivity index (χ2n) is 9.07. The minimum absolute atomic E-state index is 0.0955. The van der Waals surface area contributed by atoms with Crippen LogP contribution >= 0.6 is 0 Å². The lowest BCUT2D eigenvalue weighted by Crippen LogP contribution is -2.15. The van der Waals surface area contributed by atoms with Gasteiger partial charge in [0.05, 0.1) is 25.6 Å². The fraction of sp³-hybridized carbons (Fsp3) is 0.286. The van der Waals surface area contributed by atoms with E-state index in [9.17, 15) is 9.59 Å². The summed E-state index contributed by atoms with van der Waals surface area (Å²) < 4.78 is 10.9. The maximum absolute atomic E-state index is 12.7. The first-order valence-electron chi connectivity index (χ1n) is 11.2. The molecule has 0 fully saturated rings. The van der Waals surface area contributed by atoms with Crippen molar-refractivity contribution in [3.63, 3.8) is 0 Å². The summed E-state index contributed by atoms with van der Waals surface area (Å²) in [7, 11) is 3.02. The third kappa shape index (κ3) is 6.38. The monoisotopic (exact) mass is 460 g/mol. The van der Waals surface area contributed by atoms with E-state index >= 15 is 0 Å². The molecule has 6 nitrogen and oxygen atoms in total. The van der Waals surface area contributed by atoms with Crippen LogP contribution in [0.1, 0.15) is 48.7 Å². The average molecular weight is 461 g/mol. The summed E-state index contributed by atoms with van der Waals surface area (Å²) in [5, 5.41) is 5.74. The van der Waals surface area contributed by atoms with E-state index in [1.165, 1.54) is 19.8 Å². The molecule has 0 aliphatic rings. The number of carbonyl (C=O) groups is 2. The Hall–Kier alpha value is -3.80. The van der Waals surface area contributed by atoms with Crippen LogP contribution in [-0.2, 0) is 16.6 Å². The van der Waals surface area contributed by atoms with Gasteiger partial charge in [-0.25, -0.2) is 0 Å². The standard InChI is InChI=1S/C28H32N2O4/c1-28(2,3)21-14-11-19(12-15-21)13-16-26(31)29-22-17-25(34-5)23(18-24(22)33-4)30-27(32)20-9-7-6-8-10-20/h6-12,14-15,17-18H,13,16H2,1-5H3,(H,29,31)(H,30,32). The van der Waals surface area contributed by atoms with Gasteiger partial charge in [0.1, 0.15) is 11.5 Å². The zero-order valence-electron chi connectivity index (χ0n) is 20.4. The van der Waals surface area contributed by atoms with Gasteiger partial charge < -0.3 is 20.1 Å². The highest BCUT2D eigenvalue weighted by molar-refractivity contribution is 6.05. The first kappa shape index (κ1) is 24.8. The summed E-state index contributed by atoms with van der Waals surface area (Å²) in [4.78, 5) is 25.2. The lowest BCUT2D eigenvalue weighted by atomic mass is 9.86. The van der Waals surface area contributed by atoms with Gasteiger partial charge in [-0.2, -0.15) is 0 Å². The molecule has 0 radical (unpaired) electrons. The molecule has 2 N–H and O–H groups in total. The molecular weight excluding hydrogens is 428 g/mol. The normalized spacial score (nSPS) is 11.0. The number of rotatable bonds is 8. The van der Waals surface area contributed by atoms with Gasteiger partial charge in [0.15, 0.2) is 0 Å². The Kier molecular flexibility index (Phi) is 7.95. The Bertz CT molecular complexity index is 1130. The molecule has 0 aromatic heterocycles. The van der Waals surface area contributed by atoms with Crippen LogP contribution in [-0.4, -0.2) is 26.0 Å². The van der Waals surface area contributed by atoms with Gasteiger partial charge in [-0.15, -0.1) is 0 Å². The van der Waals surface area contributed by atoms with Crippen LogP contribution < -0.4 is 20.1 Å². The predicted octanol–water partition coefficient (Wildman–Crippen LogP) is 5.82. The Morgan fingerprint density at radius 1 is 0.794 bits per heavy atom. The molecule has 0 aliphatic carbocycles. The molecule has 0 aliphatic heterocycles. The third-order valence-corrected chi connectivity index (χ3v) is 5.54. The van der Waals surface area contributed by atoms with E-state index in [0.717, 1.165) is 5.56 Å². The van der Waals surface area contributed by atoms with Crippen molar-refractivity contribution in [3.8, 4) is 11.5 Å². The van der Waals surface area contributed by atoms with E-state index in [1.807, 2.05) is 6.07 Å². The van der Waals surface area contributed by atoms with Crippen LogP contribution in [0.25, 0.3) is 0 Å². The summed E-state index contributed by atoms with van der Waals surface area (Å²) >= 11 is 0. The van der Waals surface area contributed by atoms with Gasteiger partial charge in [-0.3, -0.25) is 9.59 Å². The topological polar surface area (TPSA) is 76.7 Å². The first-order chi connectivity index (χ1) is 16.2. The van der Waals surface area contributed by atoms with Gasteiger partial charge in [-0.1, -0.05) is 63.2 Å². The highest BCUT2D eigenvalue weighted by Gasteiger charge is 2.17. The maximum Gasteiger partial charge on any atom is 0.255 e. The molecule has 178 valence electrons. The second kappa shape index (κ2) is 10.9. The van der Waals surface area contributed by atoms with Gasteiger partial charge in [0, 0.05) is 24.1 Å².